The predicted molar refractivity (Wildman–Crippen MR) is 61.6 cm³/mol. The lowest BCUT2D eigenvalue weighted by molar-refractivity contribution is -0.109. The van der Waals surface area contributed by atoms with E-state index in [4.69, 9.17) is 4.74 Å². The van der Waals surface area contributed by atoms with Crippen LogP contribution < -0.4 is 9.64 Å². The van der Waals surface area contributed by atoms with Crippen LogP contribution in [-0.4, -0.2) is 26.0 Å². The zero-order valence-electron chi connectivity index (χ0n) is 9.27. The van der Waals surface area contributed by atoms with E-state index in [1.54, 1.807) is 0 Å². The highest BCUT2D eigenvalue weighted by atomic mass is 16.5. The molecule has 0 saturated heterocycles. The van der Waals surface area contributed by atoms with Gasteiger partial charge in [-0.1, -0.05) is 6.07 Å². The molecule has 1 rings (SSSR count). The summed E-state index contributed by atoms with van der Waals surface area (Å²) in [5.41, 5.74) is 1.13. The summed E-state index contributed by atoms with van der Waals surface area (Å²) in [6.07, 6.45) is 0.754. The number of carbonyl (C=O) groups excluding carboxylic acids is 1. The quantitative estimate of drug-likeness (QED) is 0.669. The van der Waals surface area contributed by atoms with Crippen LogP contribution in [-0.2, 0) is 4.79 Å². The fourth-order valence-electron chi connectivity index (χ4n) is 1.49. The van der Waals surface area contributed by atoms with Crippen LogP contribution in [0.25, 0.3) is 0 Å². The van der Waals surface area contributed by atoms with Crippen LogP contribution in [0.15, 0.2) is 24.3 Å². The van der Waals surface area contributed by atoms with E-state index in [1.807, 2.05) is 24.3 Å². The standard InChI is InChI=1S/C12H17NO2/c1-3-13(4-2)11-6-5-7-12(10-11)15-9-8-14/h5-8,10H,3-4,9H2,1-2H3. The van der Waals surface area contributed by atoms with Crippen LogP contribution in [0.3, 0.4) is 0 Å². The lowest BCUT2D eigenvalue weighted by atomic mass is 10.2. The third-order valence-corrected chi connectivity index (χ3v) is 2.26. The van der Waals surface area contributed by atoms with Crippen LogP contribution in [0, 0.1) is 0 Å². The minimum Gasteiger partial charge on any atom is -0.486 e. The average molecular weight is 207 g/mol. The molecule has 0 saturated carbocycles. The topological polar surface area (TPSA) is 29.5 Å². The number of nitrogens with zero attached hydrogens (tertiary/aromatic N) is 1. The molecule has 1 aromatic carbocycles. The average Bonchev–Trinajstić information content (AvgIpc) is 2.29. The second kappa shape index (κ2) is 6.06. The van der Waals surface area contributed by atoms with Crippen molar-refractivity contribution in [2.24, 2.45) is 0 Å². The van der Waals surface area contributed by atoms with E-state index in [2.05, 4.69) is 18.7 Å². The molecule has 0 aliphatic rings. The molecule has 0 atom stereocenters. The van der Waals surface area contributed by atoms with Crippen LogP contribution in [0.4, 0.5) is 5.69 Å². The van der Waals surface area contributed by atoms with Crippen molar-refractivity contribution in [3.05, 3.63) is 24.3 Å². The lowest BCUT2D eigenvalue weighted by Crippen LogP contribution is -2.21. The number of anilines is 1. The molecule has 82 valence electrons. The van der Waals surface area contributed by atoms with Crippen LogP contribution in [0.5, 0.6) is 5.75 Å². The Morgan fingerprint density at radius 2 is 2.07 bits per heavy atom. The van der Waals surface area contributed by atoms with Crippen molar-refractivity contribution in [2.45, 2.75) is 13.8 Å². The summed E-state index contributed by atoms with van der Waals surface area (Å²) < 4.78 is 5.24. The Labute approximate surface area is 90.7 Å². The first-order chi connectivity index (χ1) is 7.31. The minimum absolute atomic E-state index is 0.113. The summed E-state index contributed by atoms with van der Waals surface area (Å²) in [6.45, 7) is 6.27. The molecule has 0 N–H and O–H groups in total. The summed E-state index contributed by atoms with van der Waals surface area (Å²) in [5.74, 6) is 0.742. The van der Waals surface area contributed by atoms with Gasteiger partial charge in [0.15, 0.2) is 6.29 Å². The molecule has 0 bridgehead atoms. The Bertz CT molecular complexity index is 308. The Kier molecular flexibility index (Phi) is 4.68. The summed E-state index contributed by atoms with van der Waals surface area (Å²) >= 11 is 0. The van der Waals surface area contributed by atoms with E-state index < -0.39 is 0 Å². The molecule has 0 spiro atoms. The van der Waals surface area contributed by atoms with E-state index >= 15 is 0 Å². The molecule has 3 heteroatoms. The molecule has 0 amide bonds. The van der Waals surface area contributed by atoms with Gasteiger partial charge in [0.25, 0.3) is 0 Å². The van der Waals surface area contributed by atoms with Gasteiger partial charge in [0.2, 0.25) is 0 Å². The third kappa shape index (κ3) is 3.27. The summed E-state index contributed by atoms with van der Waals surface area (Å²) in [5, 5.41) is 0. The minimum atomic E-state index is 0.113. The predicted octanol–water partition coefficient (Wildman–Crippen LogP) is 2.11. The molecule has 0 aliphatic heterocycles. The van der Waals surface area contributed by atoms with Crippen molar-refractivity contribution in [1.29, 1.82) is 0 Å². The van der Waals surface area contributed by atoms with Gasteiger partial charge in [-0.25, -0.2) is 0 Å². The highest BCUT2D eigenvalue weighted by Gasteiger charge is 2.02. The molecular weight excluding hydrogens is 190 g/mol. The molecule has 0 radical (unpaired) electrons. The van der Waals surface area contributed by atoms with E-state index in [0.29, 0.717) is 0 Å². The van der Waals surface area contributed by atoms with Gasteiger partial charge >= 0.3 is 0 Å². The highest BCUT2D eigenvalue weighted by molar-refractivity contribution is 5.53. The molecule has 0 fully saturated rings. The SMILES string of the molecule is CCN(CC)c1cccc(OCC=O)c1. The van der Waals surface area contributed by atoms with Crippen LogP contribution >= 0.6 is 0 Å². The summed E-state index contributed by atoms with van der Waals surface area (Å²) in [4.78, 5) is 12.4. The Balaban J connectivity index is 2.76. The number of rotatable bonds is 6. The second-order valence-electron chi connectivity index (χ2n) is 3.15. The van der Waals surface area contributed by atoms with Crippen molar-refractivity contribution in [1.82, 2.24) is 0 Å². The highest BCUT2D eigenvalue weighted by Crippen LogP contribution is 2.20. The van der Waals surface area contributed by atoms with Gasteiger partial charge in [0.1, 0.15) is 12.4 Å². The Hall–Kier alpha value is -1.51. The number of hydrogen-bond acceptors (Lipinski definition) is 3. The maximum atomic E-state index is 10.2. The van der Waals surface area contributed by atoms with Gasteiger partial charge < -0.3 is 9.64 Å². The van der Waals surface area contributed by atoms with Gasteiger partial charge in [-0.3, -0.25) is 4.79 Å². The number of ether oxygens (including phenoxy) is 1. The van der Waals surface area contributed by atoms with Crippen molar-refractivity contribution in [2.75, 3.05) is 24.6 Å². The van der Waals surface area contributed by atoms with Crippen molar-refractivity contribution < 1.29 is 9.53 Å². The molecule has 0 aliphatic carbocycles. The molecule has 0 heterocycles. The molecule has 1 aromatic rings. The Morgan fingerprint density at radius 3 is 2.67 bits per heavy atom. The first kappa shape index (κ1) is 11.6. The van der Waals surface area contributed by atoms with Crippen LogP contribution in [0.2, 0.25) is 0 Å². The van der Waals surface area contributed by atoms with E-state index in [-0.39, 0.29) is 6.61 Å². The largest absolute Gasteiger partial charge is 0.486 e. The summed E-state index contributed by atoms with van der Waals surface area (Å²) in [6, 6.07) is 7.79. The number of hydrogen-bond donors (Lipinski definition) is 0. The number of benzene rings is 1. The fraction of sp³-hybridized carbons (Fsp3) is 0.417. The lowest BCUT2D eigenvalue weighted by Gasteiger charge is -2.21. The molecule has 3 nitrogen and oxygen atoms in total. The third-order valence-electron chi connectivity index (χ3n) is 2.26. The normalized spacial score (nSPS) is 9.73. The van der Waals surface area contributed by atoms with Crippen molar-refractivity contribution >= 4 is 12.0 Å². The monoisotopic (exact) mass is 207 g/mol. The van der Waals surface area contributed by atoms with Gasteiger partial charge in [0.05, 0.1) is 0 Å². The zero-order chi connectivity index (χ0) is 11.1. The molecule has 0 aromatic heterocycles. The van der Waals surface area contributed by atoms with Gasteiger partial charge in [-0.05, 0) is 26.0 Å². The van der Waals surface area contributed by atoms with Gasteiger partial charge in [-0.15, -0.1) is 0 Å². The maximum absolute atomic E-state index is 10.2. The maximum Gasteiger partial charge on any atom is 0.157 e. The van der Waals surface area contributed by atoms with Crippen molar-refractivity contribution in [3.63, 3.8) is 0 Å². The molecule has 15 heavy (non-hydrogen) atoms. The van der Waals surface area contributed by atoms with Crippen LogP contribution in [0.1, 0.15) is 13.8 Å². The van der Waals surface area contributed by atoms with Gasteiger partial charge in [-0.2, -0.15) is 0 Å². The first-order valence-electron chi connectivity index (χ1n) is 5.23. The summed E-state index contributed by atoms with van der Waals surface area (Å²) in [7, 11) is 0. The first-order valence-corrected chi connectivity index (χ1v) is 5.23. The fourth-order valence-corrected chi connectivity index (χ4v) is 1.49. The smallest absolute Gasteiger partial charge is 0.157 e. The second-order valence-corrected chi connectivity index (χ2v) is 3.15. The zero-order valence-corrected chi connectivity index (χ0v) is 9.27. The van der Waals surface area contributed by atoms with Crippen molar-refractivity contribution in [3.8, 4) is 5.75 Å². The van der Waals surface area contributed by atoms with E-state index in [9.17, 15) is 4.79 Å². The molecular formula is C12H17NO2. The molecule has 0 unspecified atom stereocenters. The Morgan fingerprint density at radius 1 is 1.33 bits per heavy atom. The van der Waals surface area contributed by atoms with E-state index in [1.165, 1.54) is 0 Å². The number of aldehydes is 1. The van der Waals surface area contributed by atoms with E-state index in [0.717, 1.165) is 30.8 Å². The van der Waals surface area contributed by atoms with Gasteiger partial charge in [0, 0.05) is 24.8 Å². The number of carbonyl (C=O) groups is 1.